The van der Waals surface area contributed by atoms with Crippen molar-refractivity contribution in [2.75, 3.05) is 0 Å². The summed E-state index contributed by atoms with van der Waals surface area (Å²) in [7, 11) is -0.359. The van der Waals surface area contributed by atoms with Gasteiger partial charge in [-0.05, 0) is 135 Å². The van der Waals surface area contributed by atoms with Crippen LogP contribution in [0.25, 0.3) is 55.3 Å². The van der Waals surface area contributed by atoms with Crippen LogP contribution in [0, 0.1) is 0 Å². The number of rotatable bonds is 3. The normalized spacial score (nSPS) is 18.7. The van der Waals surface area contributed by atoms with Crippen molar-refractivity contribution >= 4 is 23.4 Å². The highest BCUT2D eigenvalue weighted by atomic mass is 16.7. The molecule has 1 saturated heterocycles. The molecule has 6 aromatic carbocycles. The van der Waals surface area contributed by atoms with Gasteiger partial charge in [-0.2, -0.15) is 0 Å². The van der Waals surface area contributed by atoms with Crippen molar-refractivity contribution in [1.82, 2.24) is 0 Å². The maximum Gasteiger partial charge on any atom is 0.494 e. The maximum absolute atomic E-state index is 6.33. The summed E-state index contributed by atoms with van der Waals surface area (Å²) >= 11 is 0. The molecule has 1 aliphatic heterocycles. The molecule has 0 radical (unpaired) electrons. The van der Waals surface area contributed by atoms with E-state index in [0.29, 0.717) is 0 Å². The average Bonchev–Trinajstić information content (AvgIpc) is 3.56. The van der Waals surface area contributed by atoms with Crippen molar-refractivity contribution in [3.05, 3.63) is 138 Å². The Morgan fingerprint density at radius 1 is 0.388 bits per heavy atom. The first-order valence-corrected chi connectivity index (χ1v) is 17.7. The van der Waals surface area contributed by atoms with E-state index in [1.165, 1.54) is 77.5 Å². The average molecular weight is 639 g/mol. The third-order valence-corrected chi connectivity index (χ3v) is 12.3. The van der Waals surface area contributed by atoms with Crippen LogP contribution < -0.4 is 5.46 Å². The van der Waals surface area contributed by atoms with Crippen molar-refractivity contribution in [2.45, 2.75) is 77.4 Å². The minimum absolute atomic E-state index is 0.0111. The van der Waals surface area contributed by atoms with Crippen molar-refractivity contribution in [1.29, 1.82) is 0 Å². The summed E-state index contributed by atoms with van der Waals surface area (Å²) in [5.74, 6) is 0. The van der Waals surface area contributed by atoms with E-state index in [0.717, 1.165) is 5.46 Å². The monoisotopic (exact) mass is 638 g/mol. The molecule has 3 heteroatoms. The molecule has 1 heterocycles. The molecular weight excluding hydrogens is 595 g/mol. The second kappa shape index (κ2) is 10.1. The lowest BCUT2D eigenvalue weighted by Gasteiger charge is -2.32. The smallest absolute Gasteiger partial charge is 0.399 e. The minimum atomic E-state index is -0.359. The van der Waals surface area contributed by atoms with Crippen LogP contribution in [0.2, 0.25) is 0 Å². The van der Waals surface area contributed by atoms with E-state index in [1.807, 2.05) is 0 Å². The molecule has 0 N–H and O–H groups in total. The van der Waals surface area contributed by atoms with Crippen LogP contribution in [0.1, 0.15) is 77.6 Å². The molecule has 0 atom stereocenters. The molecule has 2 aliphatic carbocycles. The highest BCUT2D eigenvalue weighted by Crippen LogP contribution is 2.52. The van der Waals surface area contributed by atoms with Gasteiger partial charge in [0.15, 0.2) is 0 Å². The summed E-state index contributed by atoms with van der Waals surface area (Å²) in [4.78, 5) is 0. The second-order valence-electron chi connectivity index (χ2n) is 16.5. The number of hydrogen-bond acceptors (Lipinski definition) is 2. The van der Waals surface area contributed by atoms with Crippen LogP contribution in [0.4, 0.5) is 0 Å². The summed E-state index contributed by atoms with van der Waals surface area (Å²) in [6, 6.07) is 43.4. The molecule has 49 heavy (non-hydrogen) atoms. The standard InChI is InChI=1S/C46H43BO2/c1-43(2)39-12-10-9-11-35(39)36-20-17-32(26-40(36)43)33-18-22-38-37-21-16-31(25-41(37)44(3,4)42(38)27-33)28-13-14-30-24-34(19-15-29(30)23-28)47-48-45(5,6)46(7,8)49-47/h9-27H,1-8H3. The summed E-state index contributed by atoms with van der Waals surface area (Å²) in [6.07, 6.45) is 0. The van der Waals surface area contributed by atoms with Crippen LogP contribution >= 0.6 is 0 Å². The molecule has 0 aromatic heterocycles. The molecule has 2 nitrogen and oxygen atoms in total. The Balaban J connectivity index is 1.03. The molecule has 0 bridgehead atoms. The molecule has 0 saturated carbocycles. The third kappa shape index (κ3) is 4.42. The van der Waals surface area contributed by atoms with Crippen molar-refractivity contribution < 1.29 is 9.31 Å². The molecule has 9 rings (SSSR count). The lowest BCUT2D eigenvalue weighted by molar-refractivity contribution is 0.00578. The molecule has 3 aliphatic rings. The number of benzene rings is 6. The Morgan fingerprint density at radius 3 is 1.35 bits per heavy atom. The van der Waals surface area contributed by atoms with Gasteiger partial charge in [0.2, 0.25) is 0 Å². The summed E-state index contributed by atoms with van der Waals surface area (Å²) in [5.41, 5.74) is 16.3. The topological polar surface area (TPSA) is 18.5 Å². The van der Waals surface area contributed by atoms with Crippen LogP contribution in [0.15, 0.2) is 115 Å². The van der Waals surface area contributed by atoms with Gasteiger partial charge >= 0.3 is 7.12 Å². The maximum atomic E-state index is 6.33. The molecule has 242 valence electrons. The Hall–Kier alpha value is -4.44. The molecule has 0 unspecified atom stereocenters. The first-order chi connectivity index (χ1) is 23.2. The zero-order valence-electron chi connectivity index (χ0n) is 29.9. The molecular formula is C46H43BO2. The first kappa shape index (κ1) is 30.6. The largest absolute Gasteiger partial charge is 0.494 e. The van der Waals surface area contributed by atoms with Gasteiger partial charge in [0.25, 0.3) is 0 Å². The Bertz CT molecular complexity index is 2340. The Morgan fingerprint density at radius 2 is 0.796 bits per heavy atom. The summed E-state index contributed by atoms with van der Waals surface area (Å²) < 4.78 is 12.7. The highest BCUT2D eigenvalue weighted by Gasteiger charge is 2.51. The number of fused-ring (bicyclic) bond motifs is 7. The lowest BCUT2D eigenvalue weighted by Crippen LogP contribution is -2.41. The predicted molar refractivity (Wildman–Crippen MR) is 206 cm³/mol. The van der Waals surface area contributed by atoms with Crippen molar-refractivity contribution in [2.24, 2.45) is 0 Å². The minimum Gasteiger partial charge on any atom is -0.399 e. The summed E-state index contributed by atoms with van der Waals surface area (Å²) in [6.45, 7) is 17.9. The quantitative estimate of drug-likeness (QED) is 0.180. The Kier molecular flexibility index (Phi) is 6.29. The molecule has 0 spiro atoms. The second-order valence-corrected chi connectivity index (χ2v) is 16.5. The number of hydrogen-bond donors (Lipinski definition) is 0. The van der Waals surface area contributed by atoms with Gasteiger partial charge in [-0.3, -0.25) is 0 Å². The fourth-order valence-corrected chi connectivity index (χ4v) is 8.55. The van der Waals surface area contributed by atoms with E-state index < -0.39 is 0 Å². The van der Waals surface area contributed by atoms with E-state index >= 15 is 0 Å². The van der Waals surface area contributed by atoms with Gasteiger partial charge in [0.05, 0.1) is 11.2 Å². The fraction of sp³-hybridized carbons (Fsp3) is 0.261. The van der Waals surface area contributed by atoms with Gasteiger partial charge in [0.1, 0.15) is 0 Å². The highest BCUT2D eigenvalue weighted by molar-refractivity contribution is 6.62. The SMILES string of the molecule is CC1(C)c2ccccc2-c2ccc(-c3ccc4c(c3)C(C)(C)c3cc(-c5ccc6cc(B7OC(C)(C)C(C)(C)O7)ccc6c5)ccc3-4)cc21. The van der Waals surface area contributed by atoms with Crippen molar-refractivity contribution in [3.8, 4) is 44.5 Å². The fourth-order valence-electron chi connectivity index (χ4n) is 8.55. The van der Waals surface area contributed by atoms with Crippen LogP contribution in [0.3, 0.4) is 0 Å². The zero-order chi connectivity index (χ0) is 34.1. The van der Waals surface area contributed by atoms with Gasteiger partial charge in [-0.15, -0.1) is 0 Å². The first-order valence-electron chi connectivity index (χ1n) is 17.7. The molecule has 6 aromatic rings. The van der Waals surface area contributed by atoms with Crippen LogP contribution in [0.5, 0.6) is 0 Å². The van der Waals surface area contributed by atoms with E-state index in [2.05, 4.69) is 171 Å². The van der Waals surface area contributed by atoms with E-state index in [1.54, 1.807) is 0 Å². The van der Waals surface area contributed by atoms with Crippen molar-refractivity contribution in [3.63, 3.8) is 0 Å². The van der Waals surface area contributed by atoms with Crippen LogP contribution in [-0.2, 0) is 20.1 Å². The van der Waals surface area contributed by atoms with Crippen LogP contribution in [-0.4, -0.2) is 18.3 Å². The van der Waals surface area contributed by atoms with Gasteiger partial charge in [0, 0.05) is 10.8 Å². The van der Waals surface area contributed by atoms with Gasteiger partial charge in [-0.25, -0.2) is 0 Å². The van der Waals surface area contributed by atoms with Gasteiger partial charge in [-0.1, -0.05) is 119 Å². The molecule has 1 fully saturated rings. The lowest BCUT2D eigenvalue weighted by atomic mass is 9.78. The van der Waals surface area contributed by atoms with E-state index in [-0.39, 0.29) is 29.2 Å². The Labute approximate surface area is 291 Å². The van der Waals surface area contributed by atoms with Gasteiger partial charge < -0.3 is 9.31 Å². The van der Waals surface area contributed by atoms with E-state index in [9.17, 15) is 0 Å². The molecule has 0 amide bonds. The summed E-state index contributed by atoms with van der Waals surface area (Å²) in [5, 5.41) is 2.40. The zero-order valence-corrected chi connectivity index (χ0v) is 29.9. The third-order valence-electron chi connectivity index (χ3n) is 12.3. The predicted octanol–water partition coefficient (Wildman–Crippen LogP) is 11.1. The van der Waals surface area contributed by atoms with E-state index in [4.69, 9.17) is 9.31 Å².